The number of morpholine rings is 1. The van der Waals surface area contributed by atoms with Gasteiger partial charge in [-0.3, -0.25) is 9.59 Å². The minimum atomic E-state index is -3.88. The number of sulfone groups is 1. The second kappa shape index (κ2) is 8.63. The van der Waals surface area contributed by atoms with Crippen LogP contribution in [0.4, 0.5) is 0 Å². The zero-order valence-electron chi connectivity index (χ0n) is 18.0. The molecule has 0 saturated carbocycles. The summed E-state index contributed by atoms with van der Waals surface area (Å²) >= 11 is 0. The molecular weight excluding hydrogens is 418 g/mol. The van der Waals surface area contributed by atoms with E-state index in [9.17, 15) is 18.0 Å². The van der Waals surface area contributed by atoms with E-state index in [0.717, 1.165) is 25.9 Å². The van der Waals surface area contributed by atoms with Crippen molar-refractivity contribution in [3.05, 3.63) is 30.5 Å². The van der Waals surface area contributed by atoms with Crippen molar-refractivity contribution in [3.63, 3.8) is 0 Å². The highest BCUT2D eigenvalue weighted by Gasteiger charge is 2.31. The third-order valence-corrected chi connectivity index (χ3v) is 7.56. The molecule has 168 valence electrons. The van der Waals surface area contributed by atoms with E-state index >= 15 is 0 Å². The predicted molar refractivity (Wildman–Crippen MR) is 116 cm³/mol. The fourth-order valence-electron chi connectivity index (χ4n) is 4.52. The highest BCUT2D eigenvalue weighted by Crippen LogP contribution is 2.27. The van der Waals surface area contributed by atoms with Crippen LogP contribution in [0.15, 0.2) is 35.4 Å². The quantitative estimate of drug-likeness (QED) is 0.696. The Labute approximate surface area is 182 Å². The molecule has 4 rings (SSSR count). The van der Waals surface area contributed by atoms with E-state index in [2.05, 4.69) is 0 Å². The molecule has 2 saturated heterocycles. The van der Waals surface area contributed by atoms with Gasteiger partial charge in [0.25, 0.3) is 0 Å². The molecule has 0 N–H and O–H groups in total. The molecule has 2 aliphatic heterocycles. The van der Waals surface area contributed by atoms with Crippen LogP contribution in [0.3, 0.4) is 0 Å². The smallest absolute Gasteiger partial charge is 0.242 e. The van der Waals surface area contributed by atoms with Gasteiger partial charge in [0, 0.05) is 43.3 Å². The molecule has 8 nitrogen and oxygen atoms in total. The minimum absolute atomic E-state index is 0.0189. The third-order valence-electron chi connectivity index (χ3n) is 5.94. The lowest BCUT2D eigenvalue weighted by Gasteiger charge is -2.35. The number of hydrogen-bond donors (Lipinski definition) is 0. The zero-order chi connectivity index (χ0) is 22.2. The van der Waals surface area contributed by atoms with Crippen LogP contribution < -0.4 is 0 Å². The molecule has 2 fully saturated rings. The zero-order valence-corrected chi connectivity index (χ0v) is 18.8. The van der Waals surface area contributed by atoms with Crippen molar-refractivity contribution >= 4 is 32.6 Å². The second-order valence-electron chi connectivity index (χ2n) is 8.54. The fraction of sp³-hybridized carbons (Fsp3) is 0.545. The summed E-state index contributed by atoms with van der Waals surface area (Å²) in [5, 5.41) is 0.535. The van der Waals surface area contributed by atoms with Crippen LogP contribution in [0.1, 0.15) is 26.7 Å². The van der Waals surface area contributed by atoms with Gasteiger partial charge in [0.1, 0.15) is 12.3 Å². The van der Waals surface area contributed by atoms with Gasteiger partial charge in [0.15, 0.2) is 9.84 Å². The lowest BCUT2D eigenvalue weighted by molar-refractivity contribution is -0.140. The number of ether oxygens (including phenoxy) is 1. The number of benzene rings is 1. The van der Waals surface area contributed by atoms with E-state index in [1.54, 1.807) is 27.7 Å². The number of aromatic nitrogens is 1. The van der Waals surface area contributed by atoms with E-state index in [-0.39, 0.29) is 29.6 Å². The molecule has 2 aromatic rings. The van der Waals surface area contributed by atoms with E-state index in [1.807, 2.05) is 24.8 Å². The number of likely N-dealkylation sites (tertiary alicyclic amines) is 1. The molecule has 2 atom stereocenters. The summed E-state index contributed by atoms with van der Waals surface area (Å²) in [6.45, 7) is 6.07. The summed E-state index contributed by atoms with van der Waals surface area (Å²) < 4.78 is 33.8. The monoisotopic (exact) mass is 447 g/mol. The van der Waals surface area contributed by atoms with Crippen LogP contribution in [-0.4, -0.2) is 78.7 Å². The number of para-hydroxylation sites is 1. The van der Waals surface area contributed by atoms with Gasteiger partial charge in [-0.15, -0.1) is 0 Å². The standard InChI is InChI=1S/C22H29N3O5S/c1-16-11-25(12-17(2)30-16)22(27)15-31(28,29)20-13-24(19-8-4-3-7-18(19)20)14-21(26)23-9-5-6-10-23/h3-4,7-8,13,16-17H,5-6,9-12,14-15H2,1-2H3/t16-,17-/m1/s1. The highest BCUT2D eigenvalue weighted by molar-refractivity contribution is 7.92. The average Bonchev–Trinajstić information content (AvgIpc) is 3.36. The first-order chi connectivity index (χ1) is 14.7. The van der Waals surface area contributed by atoms with Gasteiger partial charge < -0.3 is 19.1 Å². The van der Waals surface area contributed by atoms with Crippen LogP contribution in [0, 0.1) is 0 Å². The normalized spacial score (nSPS) is 22.3. The van der Waals surface area contributed by atoms with Crippen molar-refractivity contribution in [2.45, 2.75) is 50.3 Å². The van der Waals surface area contributed by atoms with Crippen molar-refractivity contribution in [1.29, 1.82) is 0 Å². The number of carbonyl (C=O) groups is 2. The van der Waals surface area contributed by atoms with E-state index in [1.165, 1.54) is 6.20 Å². The van der Waals surface area contributed by atoms with Gasteiger partial charge in [0.2, 0.25) is 11.8 Å². The maximum absolute atomic E-state index is 13.2. The largest absolute Gasteiger partial charge is 0.372 e. The number of carbonyl (C=O) groups excluding carboxylic acids is 2. The molecule has 0 unspecified atom stereocenters. The molecule has 1 aromatic heterocycles. The average molecular weight is 448 g/mol. The Bertz CT molecular complexity index is 1080. The number of fused-ring (bicyclic) bond motifs is 1. The third kappa shape index (κ3) is 4.62. The van der Waals surface area contributed by atoms with Gasteiger partial charge in [-0.1, -0.05) is 18.2 Å². The molecule has 0 spiro atoms. The number of rotatable bonds is 5. The van der Waals surface area contributed by atoms with E-state index < -0.39 is 21.5 Å². The van der Waals surface area contributed by atoms with Crippen molar-refractivity contribution in [3.8, 4) is 0 Å². The van der Waals surface area contributed by atoms with Gasteiger partial charge in [-0.2, -0.15) is 0 Å². The molecule has 2 amide bonds. The Balaban J connectivity index is 1.59. The lowest BCUT2D eigenvalue weighted by atomic mass is 10.2. The van der Waals surface area contributed by atoms with Gasteiger partial charge in [-0.25, -0.2) is 8.42 Å². The maximum atomic E-state index is 13.2. The van der Waals surface area contributed by atoms with Crippen molar-refractivity contribution in [1.82, 2.24) is 14.4 Å². The number of hydrogen-bond acceptors (Lipinski definition) is 5. The molecule has 0 aliphatic carbocycles. The number of amides is 2. The van der Waals surface area contributed by atoms with Crippen LogP contribution in [-0.2, 0) is 30.7 Å². The summed E-state index contributed by atoms with van der Waals surface area (Å²) in [5.74, 6) is -1.04. The Morgan fingerprint density at radius 2 is 1.65 bits per heavy atom. The predicted octanol–water partition coefficient (Wildman–Crippen LogP) is 1.67. The van der Waals surface area contributed by atoms with Crippen molar-refractivity contribution in [2.75, 3.05) is 31.9 Å². The molecule has 1 aromatic carbocycles. The summed E-state index contributed by atoms with van der Waals surface area (Å²) in [4.78, 5) is 28.9. The molecule has 0 bridgehead atoms. The van der Waals surface area contributed by atoms with Crippen LogP contribution in [0.25, 0.3) is 10.9 Å². The Morgan fingerprint density at radius 1 is 1.00 bits per heavy atom. The Hall–Kier alpha value is -2.39. The van der Waals surface area contributed by atoms with Gasteiger partial charge >= 0.3 is 0 Å². The summed E-state index contributed by atoms with van der Waals surface area (Å²) in [6.07, 6.45) is 3.24. The highest BCUT2D eigenvalue weighted by atomic mass is 32.2. The molecule has 0 radical (unpaired) electrons. The molecule has 3 heterocycles. The van der Waals surface area contributed by atoms with E-state index in [0.29, 0.717) is 24.0 Å². The summed E-state index contributed by atoms with van der Waals surface area (Å²) in [5.41, 5.74) is 0.676. The second-order valence-corrected chi connectivity index (χ2v) is 10.5. The van der Waals surface area contributed by atoms with E-state index in [4.69, 9.17) is 4.74 Å². The van der Waals surface area contributed by atoms with Crippen molar-refractivity contribution in [2.24, 2.45) is 0 Å². The van der Waals surface area contributed by atoms with Crippen LogP contribution >= 0.6 is 0 Å². The lowest BCUT2D eigenvalue weighted by Crippen LogP contribution is -2.49. The number of nitrogens with zero attached hydrogens (tertiary/aromatic N) is 3. The molecule has 2 aliphatic rings. The molecule has 31 heavy (non-hydrogen) atoms. The Kier molecular flexibility index (Phi) is 6.07. The maximum Gasteiger partial charge on any atom is 0.242 e. The first-order valence-electron chi connectivity index (χ1n) is 10.8. The van der Waals surface area contributed by atoms with Crippen LogP contribution in [0.5, 0.6) is 0 Å². The molecule has 9 heteroatoms. The van der Waals surface area contributed by atoms with Crippen LogP contribution in [0.2, 0.25) is 0 Å². The van der Waals surface area contributed by atoms with Gasteiger partial charge in [0.05, 0.1) is 17.1 Å². The fourth-order valence-corrected chi connectivity index (χ4v) is 5.98. The SMILES string of the molecule is C[C@@H]1CN(C(=O)CS(=O)(=O)c2cn(CC(=O)N3CCCC3)c3ccccc23)C[C@@H](C)O1. The summed E-state index contributed by atoms with van der Waals surface area (Å²) in [7, 11) is -3.88. The first-order valence-corrected chi connectivity index (χ1v) is 12.4. The topological polar surface area (TPSA) is 88.9 Å². The van der Waals surface area contributed by atoms with Crippen molar-refractivity contribution < 1.29 is 22.7 Å². The first kappa shape index (κ1) is 21.8. The minimum Gasteiger partial charge on any atom is -0.372 e. The van der Waals surface area contributed by atoms with Gasteiger partial charge in [-0.05, 0) is 32.8 Å². The Morgan fingerprint density at radius 3 is 2.32 bits per heavy atom. The summed E-state index contributed by atoms with van der Waals surface area (Å²) in [6, 6.07) is 7.11. The molecular formula is C22H29N3O5S.